The van der Waals surface area contributed by atoms with E-state index < -0.39 is 22.9 Å². The summed E-state index contributed by atoms with van der Waals surface area (Å²) in [5, 5.41) is 9.34. The van der Waals surface area contributed by atoms with Crippen molar-refractivity contribution in [2.24, 2.45) is 10.1 Å². The van der Waals surface area contributed by atoms with E-state index in [1.54, 1.807) is 24.3 Å². The molecular weight excluding hydrogens is 515 g/mol. The molecule has 0 saturated carbocycles. The number of para-hydroxylation sites is 1. The first-order chi connectivity index (χ1) is 17.9. The lowest BCUT2D eigenvalue weighted by Gasteiger charge is -2.23. The second-order valence-electron chi connectivity index (χ2n) is 8.47. The number of amides is 2. The molecule has 1 N–H and O–H groups in total. The smallest absolute Gasteiger partial charge is 0.262 e. The third-order valence-corrected chi connectivity index (χ3v) is 7.39. The fourth-order valence-corrected chi connectivity index (χ4v) is 5.42. The molecule has 0 unspecified atom stereocenters. The van der Waals surface area contributed by atoms with Gasteiger partial charge in [-0.25, -0.2) is 9.40 Å². The number of amidine groups is 1. The zero-order valence-corrected chi connectivity index (χ0v) is 21.3. The van der Waals surface area contributed by atoms with Crippen LogP contribution in [0.25, 0.3) is 0 Å². The molecule has 0 aromatic heterocycles. The first kappa shape index (κ1) is 25.0. The summed E-state index contributed by atoms with van der Waals surface area (Å²) in [6, 6.07) is 20.7. The van der Waals surface area contributed by atoms with Crippen LogP contribution in [0.1, 0.15) is 30.0 Å². The Hall–Kier alpha value is -3.69. The van der Waals surface area contributed by atoms with Crippen LogP contribution in [0.15, 0.2) is 82.9 Å². The summed E-state index contributed by atoms with van der Waals surface area (Å²) in [4.78, 5) is 29.5. The number of hydrogen-bond acceptors (Lipinski definition) is 6. The highest BCUT2D eigenvalue weighted by Gasteiger charge is 2.39. The Balaban J connectivity index is 1.36. The Morgan fingerprint density at radius 3 is 2.68 bits per heavy atom. The number of benzene rings is 3. The molecule has 0 fully saturated rings. The number of anilines is 1. The second-order valence-corrected chi connectivity index (χ2v) is 10.1. The molecule has 2 aliphatic heterocycles. The first-order valence-corrected chi connectivity index (χ1v) is 12.8. The number of carbonyl (C=O) groups excluding carboxylic acids is 2. The number of hydrogen-bond donors (Lipinski definition) is 1. The number of nitrogens with one attached hydrogen (secondary N) is 1. The molecule has 0 saturated heterocycles. The van der Waals surface area contributed by atoms with Crippen molar-refractivity contribution >= 4 is 51.7 Å². The maximum absolute atomic E-state index is 13.9. The predicted molar refractivity (Wildman–Crippen MR) is 144 cm³/mol. The van der Waals surface area contributed by atoms with Crippen molar-refractivity contribution in [3.05, 3.63) is 94.8 Å². The van der Waals surface area contributed by atoms with Gasteiger partial charge in [0.1, 0.15) is 16.8 Å². The minimum Gasteiger partial charge on any atom is -0.497 e. The number of methoxy groups -OCH3 is 1. The Bertz CT molecular complexity index is 1410. The standard InChI is InChI=1S/C27H22ClFN4O3S/c1-36-19-11-9-16(10-12-19)22-14-23(17-5-4-6-18(28)13-17)33(32-22)27-31-26(35)24(37-27)15-25(34)30-21-8-3-2-7-20(21)29/h2-13,23-24H,14-15H2,1H3,(H,30,34)/t23-,24+/m0/s1. The molecule has 188 valence electrons. The van der Waals surface area contributed by atoms with Gasteiger partial charge in [-0.3, -0.25) is 9.59 Å². The van der Waals surface area contributed by atoms with E-state index in [9.17, 15) is 14.0 Å². The fraction of sp³-hybridized carbons (Fsp3) is 0.185. The van der Waals surface area contributed by atoms with Gasteiger partial charge in [-0.1, -0.05) is 47.6 Å². The molecule has 0 aliphatic carbocycles. The van der Waals surface area contributed by atoms with Crippen molar-refractivity contribution < 1.29 is 18.7 Å². The monoisotopic (exact) mass is 536 g/mol. The SMILES string of the molecule is COc1ccc(C2=NN(C3=NC(=O)[C@@H](CC(=O)Nc4ccccc4F)S3)[C@H](c3cccc(Cl)c3)C2)cc1. The van der Waals surface area contributed by atoms with E-state index in [2.05, 4.69) is 10.3 Å². The van der Waals surface area contributed by atoms with Crippen LogP contribution >= 0.6 is 23.4 Å². The summed E-state index contributed by atoms with van der Waals surface area (Å²) >= 11 is 7.44. The van der Waals surface area contributed by atoms with Gasteiger partial charge in [0, 0.05) is 17.9 Å². The topological polar surface area (TPSA) is 83.4 Å². The average molecular weight is 537 g/mol. The average Bonchev–Trinajstić information content (AvgIpc) is 3.49. The number of rotatable bonds is 6. The predicted octanol–water partition coefficient (Wildman–Crippen LogP) is 5.67. The van der Waals surface area contributed by atoms with Crippen molar-refractivity contribution in [2.75, 3.05) is 12.4 Å². The molecular formula is C27H22ClFN4O3S. The van der Waals surface area contributed by atoms with Crippen LogP contribution < -0.4 is 10.1 Å². The molecule has 2 amide bonds. The minimum absolute atomic E-state index is 0.0679. The largest absolute Gasteiger partial charge is 0.497 e. The molecule has 2 heterocycles. The van der Waals surface area contributed by atoms with Gasteiger partial charge in [0.25, 0.3) is 5.91 Å². The van der Waals surface area contributed by atoms with E-state index in [1.807, 2.05) is 42.5 Å². The lowest BCUT2D eigenvalue weighted by molar-refractivity contribution is -0.121. The summed E-state index contributed by atoms with van der Waals surface area (Å²) in [5.41, 5.74) is 2.74. The number of ether oxygens (including phenoxy) is 1. The molecule has 3 aromatic carbocycles. The van der Waals surface area contributed by atoms with Gasteiger partial charge >= 0.3 is 0 Å². The maximum atomic E-state index is 13.9. The van der Waals surface area contributed by atoms with Crippen molar-refractivity contribution in [1.29, 1.82) is 0 Å². The van der Waals surface area contributed by atoms with Crippen LogP contribution in [0, 0.1) is 5.82 Å². The van der Waals surface area contributed by atoms with Gasteiger partial charge in [0.2, 0.25) is 5.91 Å². The van der Waals surface area contributed by atoms with Crippen LogP contribution in [0.3, 0.4) is 0 Å². The van der Waals surface area contributed by atoms with Crippen molar-refractivity contribution in [3.8, 4) is 5.75 Å². The lowest BCUT2D eigenvalue weighted by atomic mass is 9.98. The zero-order valence-electron chi connectivity index (χ0n) is 19.7. The Morgan fingerprint density at radius 1 is 1.16 bits per heavy atom. The van der Waals surface area contributed by atoms with E-state index in [-0.39, 0.29) is 18.2 Å². The minimum atomic E-state index is -0.734. The molecule has 0 bridgehead atoms. The van der Waals surface area contributed by atoms with Gasteiger partial charge in [0.05, 0.1) is 24.6 Å². The maximum Gasteiger partial charge on any atom is 0.262 e. The van der Waals surface area contributed by atoms with Crippen molar-refractivity contribution in [3.63, 3.8) is 0 Å². The molecule has 10 heteroatoms. The quantitative estimate of drug-likeness (QED) is 0.439. The molecule has 7 nitrogen and oxygen atoms in total. The molecule has 3 aromatic rings. The fourth-order valence-electron chi connectivity index (χ4n) is 4.15. The second kappa shape index (κ2) is 10.7. The normalized spacial score (nSPS) is 19.0. The van der Waals surface area contributed by atoms with Crippen LogP contribution in [0.5, 0.6) is 5.75 Å². The van der Waals surface area contributed by atoms with Crippen molar-refractivity contribution in [1.82, 2.24) is 5.01 Å². The Kier molecular flexibility index (Phi) is 7.25. The van der Waals surface area contributed by atoms with Gasteiger partial charge in [0.15, 0.2) is 5.17 Å². The van der Waals surface area contributed by atoms with E-state index in [1.165, 1.54) is 30.0 Å². The number of nitrogens with zero attached hydrogens (tertiary/aromatic N) is 3. The van der Waals surface area contributed by atoms with Gasteiger partial charge in [-0.15, -0.1) is 0 Å². The molecule has 0 spiro atoms. The number of aliphatic imine (C=N–C) groups is 1. The molecule has 2 aliphatic rings. The first-order valence-electron chi connectivity index (χ1n) is 11.5. The van der Waals surface area contributed by atoms with Crippen LogP contribution in [0.2, 0.25) is 5.02 Å². The van der Waals surface area contributed by atoms with Gasteiger partial charge in [-0.05, 0) is 59.7 Å². The molecule has 5 rings (SSSR count). The highest BCUT2D eigenvalue weighted by molar-refractivity contribution is 8.15. The van der Waals surface area contributed by atoms with E-state index in [0.29, 0.717) is 16.6 Å². The summed E-state index contributed by atoms with van der Waals surface area (Å²) in [6.07, 6.45) is 0.425. The highest BCUT2D eigenvalue weighted by atomic mass is 35.5. The summed E-state index contributed by atoms with van der Waals surface area (Å²) in [7, 11) is 1.61. The van der Waals surface area contributed by atoms with E-state index in [4.69, 9.17) is 21.4 Å². The van der Waals surface area contributed by atoms with Gasteiger partial charge < -0.3 is 10.1 Å². The molecule has 37 heavy (non-hydrogen) atoms. The Labute approximate surface area is 222 Å². The Morgan fingerprint density at radius 2 is 1.95 bits per heavy atom. The van der Waals surface area contributed by atoms with Crippen LogP contribution in [0.4, 0.5) is 10.1 Å². The number of thioether (sulfide) groups is 1. The molecule has 2 atom stereocenters. The van der Waals surface area contributed by atoms with Gasteiger partial charge in [-0.2, -0.15) is 10.1 Å². The van der Waals surface area contributed by atoms with Crippen LogP contribution in [-0.4, -0.2) is 40.1 Å². The summed E-state index contributed by atoms with van der Waals surface area (Å²) < 4.78 is 19.2. The lowest BCUT2D eigenvalue weighted by Crippen LogP contribution is -2.25. The number of halogens is 2. The molecule has 0 radical (unpaired) electrons. The van der Waals surface area contributed by atoms with Crippen LogP contribution in [-0.2, 0) is 9.59 Å². The number of carbonyl (C=O) groups is 2. The summed E-state index contributed by atoms with van der Waals surface area (Å²) in [6.45, 7) is 0. The zero-order chi connectivity index (χ0) is 25.9. The summed E-state index contributed by atoms with van der Waals surface area (Å²) in [5.74, 6) is -0.701. The third kappa shape index (κ3) is 5.52. The third-order valence-electron chi connectivity index (χ3n) is 6.01. The number of hydrazone groups is 1. The van der Waals surface area contributed by atoms with E-state index >= 15 is 0 Å². The van der Waals surface area contributed by atoms with Crippen molar-refractivity contribution in [2.45, 2.75) is 24.1 Å². The van der Waals surface area contributed by atoms with E-state index in [0.717, 1.165) is 22.6 Å². The highest BCUT2D eigenvalue weighted by Crippen LogP contribution is 2.39.